The number of amides is 2. The molecule has 0 bridgehead atoms. The van der Waals surface area contributed by atoms with Gasteiger partial charge in [-0.3, -0.25) is 14.6 Å². The summed E-state index contributed by atoms with van der Waals surface area (Å²) in [6.07, 6.45) is 0.472. The zero-order chi connectivity index (χ0) is 18.7. The average Bonchev–Trinajstić information content (AvgIpc) is 2.95. The summed E-state index contributed by atoms with van der Waals surface area (Å²) >= 11 is 0. The lowest BCUT2D eigenvalue weighted by atomic mass is 9.99. The number of pyridine rings is 1. The van der Waals surface area contributed by atoms with E-state index < -0.39 is 0 Å². The van der Waals surface area contributed by atoms with Crippen molar-refractivity contribution in [1.82, 2.24) is 14.8 Å². The lowest BCUT2D eigenvalue weighted by Gasteiger charge is -2.22. The number of likely N-dealkylation sites (N-methyl/N-ethyl adjacent to an activating group) is 1. The van der Waals surface area contributed by atoms with E-state index in [0.29, 0.717) is 19.5 Å². The van der Waals surface area contributed by atoms with Crippen molar-refractivity contribution >= 4 is 11.8 Å². The number of likely N-dealkylation sites (tertiary alicyclic amines) is 1. The fourth-order valence-corrected chi connectivity index (χ4v) is 3.49. The van der Waals surface area contributed by atoms with E-state index in [1.165, 1.54) is 0 Å². The Morgan fingerprint density at radius 1 is 1.23 bits per heavy atom. The maximum Gasteiger partial charge on any atom is 0.242 e. The van der Waals surface area contributed by atoms with Gasteiger partial charge in [0, 0.05) is 31.6 Å². The number of nitrogens with zero attached hydrogens (tertiary/aromatic N) is 3. The molecule has 1 saturated heterocycles. The largest absolute Gasteiger partial charge is 0.338 e. The first-order valence-corrected chi connectivity index (χ1v) is 8.93. The molecule has 0 radical (unpaired) electrons. The van der Waals surface area contributed by atoms with Crippen LogP contribution in [0.3, 0.4) is 0 Å². The van der Waals surface area contributed by atoms with Gasteiger partial charge in [0.25, 0.3) is 0 Å². The fraction of sp³-hybridized carbons (Fsp3) is 0.381. The number of carbonyl (C=O) groups excluding carboxylic acids is 2. The number of hydrogen-bond donors (Lipinski definition) is 0. The molecule has 1 aromatic carbocycles. The van der Waals surface area contributed by atoms with Crippen molar-refractivity contribution in [1.29, 1.82) is 0 Å². The van der Waals surface area contributed by atoms with Gasteiger partial charge in [-0.1, -0.05) is 30.3 Å². The molecule has 1 aromatic heterocycles. The standard InChI is InChI=1S/C21H25N3O2/c1-15-9-16(2)22-19(10-15)13-23(3)21(26)14-24-12-18(11-20(24)25)17-7-5-4-6-8-17/h4-10,18H,11-14H2,1-3H3. The smallest absolute Gasteiger partial charge is 0.242 e. The molecule has 2 heterocycles. The summed E-state index contributed by atoms with van der Waals surface area (Å²) in [5.41, 5.74) is 4.10. The van der Waals surface area contributed by atoms with Crippen LogP contribution in [-0.2, 0) is 16.1 Å². The summed E-state index contributed by atoms with van der Waals surface area (Å²) in [6, 6.07) is 14.0. The zero-order valence-electron chi connectivity index (χ0n) is 15.6. The molecule has 3 rings (SSSR count). The SMILES string of the molecule is Cc1cc(C)nc(CN(C)C(=O)CN2CC(c3ccccc3)CC2=O)c1. The molecule has 26 heavy (non-hydrogen) atoms. The summed E-state index contributed by atoms with van der Waals surface area (Å²) in [5.74, 6) is 0.154. The van der Waals surface area contributed by atoms with E-state index in [2.05, 4.69) is 4.98 Å². The van der Waals surface area contributed by atoms with E-state index in [1.807, 2.05) is 56.3 Å². The van der Waals surface area contributed by atoms with Gasteiger partial charge in [-0.2, -0.15) is 0 Å². The summed E-state index contributed by atoms with van der Waals surface area (Å²) in [6.45, 7) is 5.15. The van der Waals surface area contributed by atoms with Crippen LogP contribution in [0.25, 0.3) is 0 Å². The highest BCUT2D eigenvalue weighted by molar-refractivity contribution is 5.86. The molecule has 1 aliphatic rings. The van der Waals surface area contributed by atoms with E-state index in [4.69, 9.17) is 0 Å². The first-order valence-electron chi connectivity index (χ1n) is 8.93. The second kappa shape index (κ2) is 7.68. The third kappa shape index (κ3) is 4.28. The number of rotatable bonds is 5. The van der Waals surface area contributed by atoms with Gasteiger partial charge in [0.05, 0.1) is 18.8 Å². The summed E-state index contributed by atoms with van der Waals surface area (Å²) < 4.78 is 0. The highest BCUT2D eigenvalue weighted by Gasteiger charge is 2.32. The van der Waals surface area contributed by atoms with Gasteiger partial charge in [0.15, 0.2) is 0 Å². The van der Waals surface area contributed by atoms with Gasteiger partial charge in [-0.05, 0) is 37.1 Å². The molecular formula is C21H25N3O2. The monoisotopic (exact) mass is 351 g/mol. The van der Waals surface area contributed by atoms with Crippen molar-refractivity contribution in [2.75, 3.05) is 20.1 Å². The molecule has 0 saturated carbocycles. The Kier molecular flexibility index (Phi) is 5.35. The first kappa shape index (κ1) is 18.1. The Balaban J connectivity index is 1.59. The highest BCUT2D eigenvalue weighted by Crippen LogP contribution is 2.27. The van der Waals surface area contributed by atoms with E-state index in [-0.39, 0.29) is 24.3 Å². The maximum atomic E-state index is 12.6. The van der Waals surface area contributed by atoms with Gasteiger partial charge in [-0.25, -0.2) is 0 Å². The summed E-state index contributed by atoms with van der Waals surface area (Å²) in [5, 5.41) is 0. The molecule has 1 fully saturated rings. The number of hydrogen-bond acceptors (Lipinski definition) is 3. The molecule has 0 N–H and O–H groups in total. The molecule has 136 valence electrons. The van der Waals surface area contributed by atoms with Crippen LogP contribution >= 0.6 is 0 Å². The van der Waals surface area contributed by atoms with Crippen LogP contribution in [0.1, 0.15) is 34.9 Å². The fourth-order valence-electron chi connectivity index (χ4n) is 3.49. The van der Waals surface area contributed by atoms with Crippen molar-refractivity contribution in [2.24, 2.45) is 0 Å². The minimum absolute atomic E-state index is 0.0464. The predicted molar refractivity (Wildman–Crippen MR) is 101 cm³/mol. The van der Waals surface area contributed by atoms with Gasteiger partial charge in [0.1, 0.15) is 0 Å². The average molecular weight is 351 g/mol. The minimum atomic E-state index is -0.0620. The summed E-state index contributed by atoms with van der Waals surface area (Å²) in [7, 11) is 1.76. The van der Waals surface area contributed by atoms with E-state index in [9.17, 15) is 9.59 Å². The highest BCUT2D eigenvalue weighted by atomic mass is 16.2. The third-order valence-electron chi connectivity index (χ3n) is 4.79. The van der Waals surface area contributed by atoms with Gasteiger partial charge < -0.3 is 9.80 Å². The predicted octanol–water partition coefficient (Wildman–Crippen LogP) is 2.67. The molecule has 0 spiro atoms. The molecule has 5 nitrogen and oxygen atoms in total. The molecule has 0 aliphatic carbocycles. The van der Waals surface area contributed by atoms with Gasteiger partial charge in [-0.15, -0.1) is 0 Å². The number of aromatic nitrogens is 1. The van der Waals surface area contributed by atoms with E-state index in [0.717, 1.165) is 22.5 Å². The maximum absolute atomic E-state index is 12.6. The van der Waals surface area contributed by atoms with Crippen LogP contribution in [0, 0.1) is 13.8 Å². The van der Waals surface area contributed by atoms with Crippen LogP contribution in [0.2, 0.25) is 0 Å². The Morgan fingerprint density at radius 3 is 2.65 bits per heavy atom. The van der Waals surface area contributed by atoms with Crippen molar-refractivity contribution in [3.63, 3.8) is 0 Å². The first-order chi connectivity index (χ1) is 12.4. The van der Waals surface area contributed by atoms with Crippen molar-refractivity contribution in [3.05, 3.63) is 65.0 Å². The van der Waals surface area contributed by atoms with Crippen LogP contribution < -0.4 is 0 Å². The molecule has 1 atom stereocenters. The van der Waals surface area contributed by atoms with Gasteiger partial charge in [0.2, 0.25) is 11.8 Å². The van der Waals surface area contributed by atoms with E-state index >= 15 is 0 Å². The number of carbonyl (C=O) groups is 2. The lowest BCUT2D eigenvalue weighted by Crippen LogP contribution is -2.39. The Labute approximate surface area is 154 Å². The van der Waals surface area contributed by atoms with Gasteiger partial charge >= 0.3 is 0 Å². The normalized spacial score (nSPS) is 16.8. The molecule has 1 aliphatic heterocycles. The second-order valence-corrected chi connectivity index (χ2v) is 7.11. The molecular weight excluding hydrogens is 326 g/mol. The molecule has 2 aromatic rings. The van der Waals surface area contributed by atoms with Crippen LogP contribution in [0.5, 0.6) is 0 Å². The zero-order valence-corrected chi connectivity index (χ0v) is 15.6. The summed E-state index contributed by atoms with van der Waals surface area (Å²) in [4.78, 5) is 32.7. The lowest BCUT2D eigenvalue weighted by molar-refractivity contribution is -0.137. The quantitative estimate of drug-likeness (QED) is 0.832. The van der Waals surface area contributed by atoms with Crippen LogP contribution in [-0.4, -0.2) is 46.7 Å². The van der Waals surface area contributed by atoms with Crippen LogP contribution in [0.4, 0.5) is 0 Å². The van der Waals surface area contributed by atoms with Crippen molar-refractivity contribution < 1.29 is 9.59 Å². The second-order valence-electron chi connectivity index (χ2n) is 7.11. The van der Waals surface area contributed by atoms with Crippen molar-refractivity contribution in [3.8, 4) is 0 Å². The number of benzene rings is 1. The third-order valence-corrected chi connectivity index (χ3v) is 4.79. The number of aryl methyl sites for hydroxylation is 2. The Morgan fingerprint density at radius 2 is 1.96 bits per heavy atom. The minimum Gasteiger partial charge on any atom is -0.338 e. The Bertz CT molecular complexity index is 784. The van der Waals surface area contributed by atoms with E-state index in [1.54, 1.807) is 16.8 Å². The van der Waals surface area contributed by atoms with Crippen LogP contribution in [0.15, 0.2) is 42.5 Å². The molecule has 2 amide bonds. The molecule has 1 unspecified atom stereocenters. The Hall–Kier alpha value is -2.69. The molecule has 5 heteroatoms. The van der Waals surface area contributed by atoms with Crippen molar-refractivity contribution in [2.45, 2.75) is 32.7 Å². The topological polar surface area (TPSA) is 53.5 Å².